The molecule has 1 aliphatic rings. The highest BCUT2D eigenvalue weighted by Gasteiger charge is 2.25. The van der Waals surface area contributed by atoms with Crippen molar-refractivity contribution in [2.24, 2.45) is 0 Å². The normalized spacial score (nSPS) is 27.0. The van der Waals surface area contributed by atoms with Gasteiger partial charge in [-0.3, -0.25) is 0 Å². The fraction of sp³-hybridized carbons (Fsp3) is 0.400. The van der Waals surface area contributed by atoms with E-state index in [0.717, 1.165) is 22.9 Å². The van der Waals surface area contributed by atoms with Crippen molar-refractivity contribution in [2.75, 3.05) is 0 Å². The van der Waals surface area contributed by atoms with Gasteiger partial charge in [-0.15, -0.1) is 11.6 Å². The van der Waals surface area contributed by atoms with Crippen LogP contribution in [0, 0.1) is 0 Å². The van der Waals surface area contributed by atoms with Gasteiger partial charge in [0.15, 0.2) is 0 Å². The van der Waals surface area contributed by atoms with Crippen LogP contribution in [0.3, 0.4) is 0 Å². The molecule has 1 aromatic carbocycles. The average Bonchev–Trinajstić information content (AvgIpc) is 2.12. The summed E-state index contributed by atoms with van der Waals surface area (Å²) in [5.41, 5.74) is 2.19. The second kappa shape index (κ2) is 3.60. The first-order valence-electron chi connectivity index (χ1n) is 4.29. The van der Waals surface area contributed by atoms with Gasteiger partial charge in [-0.25, -0.2) is 0 Å². The molecular weight excluding hydrogens is 251 g/mol. The lowest BCUT2D eigenvalue weighted by atomic mass is 9.89. The SMILES string of the molecule is O[C@@H]1c2cc(Br)ccc2CC[C@@H]1Cl. The van der Waals surface area contributed by atoms with Crippen LogP contribution >= 0.6 is 27.5 Å². The van der Waals surface area contributed by atoms with Crippen LogP contribution in [-0.2, 0) is 6.42 Å². The molecular formula is C10H10BrClO. The van der Waals surface area contributed by atoms with Gasteiger partial charge in [0.1, 0.15) is 0 Å². The molecule has 0 spiro atoms. The number of aliphatic hydroxyl groups is 1. The summed E-state index contributed by atoms with van der Waals surface area (Å²) in [6.45, 7) is 0. The standard InChI is InChI=1S/C10H10BrClO/c11-7-3-1-6-2-4-9(12)10(13)8(6)5-7/h1,3,5,9-10,13H,2,4H2/t9-,10+/m0/s1. The van der Waals surface area contributed by atoms with Crippen LogP contribution in [0.4, 0.5) is 0 Å². The maximum atomic E-state index is 9.80. The second-order valence-corrected chi connectivity index (χ2v) is 4.82. The number of aryl methyl sites for hydroxylation is 1. The van der Waals surface area contributed by atoms with Crippen molar-refractivity contribution in [2.45, 2.75) is 24.3 Å². The molecule has 1 nitrogen and oxygen atoms in total. The number of benzene rings is 1. The van der Waals surface area contributed by atoms with Crippen LogP contribution in [0.5, 0.6) is 0 Å². The van der Waals surface area contributed by atoms with Crippen molar-refractivity contribution in [1.29, 1.82) is 0 Å². The van der Waals surface area contributed by atoms with Crippen molar-refractivity contribution < 1.29 is 5.11 Å². The summed E-state index contributed by atoms with van der Waals surface area (Å²) in [4.78, 5) is 0. The van der Waals surface area contributed by atoms with Crippen LogP contribution in [-0.4, -0.2) is 10.5 Å². The Bertz CT molecular complexity index is 327. The zero-order valence-corrected chi connectivity index (χ0v) is 9.35. The molecule has 0 bridgehead atoms. The molecule has 1 aliphatic carbocycles. The van der Waals surface area contributed by atoms with E-state index < -0.39 is 6.10 Å². The minimum absolute atomic E-state index is 0.137. The fourth-order valence-electron chi connectivity index (χ4n) is 1.71. The molecule has 70 valence electrons. The summed E-state index contributed by atoms with van der Waals surface area (Å²) in [5, 5.41) is 9.66. The van der Waals surface area contributed by atoms with Crippen molar-refractivity contribution in [3.8, 4) is 0 Å². The molecule has 0 radical (unpaired) electrons. The van der Waals surface area contributed by atoms with Gasteiger partial charge >= 0.3 is 0 Å². The Morgan fingerprint density at radius 2 is 2.23 bits per heavy atom. The number of hydrogen-bond donors (Lipinski definition) is 1. The molecule has 0 amide bonds. The molecule has 3 heteroatoms. The Hall–Kier alpha value is -0.0500. The highest BCUT2D eigenvalue weighted by molar-refractivity contribution is 9.10. The summed E-state index contributed by atoms with van der Waals surface area (Å²) in [6.07, 6.45) is 1.31. The number of rotatable bonds is 0. The molecule has 0 aliphatic heterocycles. The van der Waals surface area contributed by atoms with Gasteiger partial charge in [0.05, 0.1) is 11.5 Å². The van der Waals surface area contributed by atoms with Gasteiger partial charge in [0, 0.05) is 4.47 Å². The van der Waals surface area contributed by atoms with Gasteiger partial charge in [-0.2, -0.15) is 0 Å². The fourth-order valence-corrected chi connectivity index (χ4v) is 2.34. The molecule has 1 aromatic rings. The number of hydrogen-bond acceptors (Lipinski definition) is 1. The molecule has 0 heterocycles. The third-order valence-corrected chi connectivity index (χ3v) is 3.41. The molecule has 0 aromatic heterocycles. The van der Waals surface area contributed by atoms with E-state index in [0.29, 0.717) is 0 Å². The van der Waals surface area contributed by atoms with E-state index in [2.05, 4.69) is 15.9 Å². The van der Waals surface area contributed by atoms with E-state index >= 15 is 0 Å². The number of alkyl halides is 1. The van der Waals surface area contributed by atoms with Crippen molar-refractivity contribution in [1.82, 2.24) is 0 Å². The predicted octanol–water partition coefficient (Wildman–Crippen LogP) is 3.04. The summed E-state index contributed by atoms with van der Waals surface area (Å²) >= 11 is 9.37. The Morgan fingerprint density at radius 1 is 1.46 bits per heavy atom. The van der Waals surface area contributed by atoms with E-state index in [4.69, 9.17) is 11.6 Å². The molecule has 0 saturated carbocycles. The van der Waals surface area contributed by atoms with Gasteiger partial charge in [0.2, 0.25) is 0 Å². The van der Waals surface area contributed by atoms with Gasteiger partial charge < -0.3 is 5.11 Å². The van der Waals surface area contributed by atoms with E-state index in [-0.39, 0.29) is 5.38 Å². The maximum Gasteiger partial charge on any atom is 0.0956 e. The summed E-state index contributed by atoms with van der Waals surface area (Å²) in [7, 11) is 0. The molecule has 0 saturated heterocycles. The lowest BCUT2D eigenvalue weighted by Gasteiger charge is -2.25. The number of fused-ring (bicyclic) bond motifs is 1. The highest BCUT2D eigenvalue weighted by atomic mass is 79.9. The quantitative estimate of drug-likeness (QED) is 0.712. The van der Waals surface area contributed by atoms with Crippen molar-refractivity contribution >= 4 is 27.5 Å². The number of aliphatic hydroxyl groups excluding tert-OH is 1. The molecule has 2 rings (SSSR count). The Labute approximate surface area is 90.9 Å². The summed E-state index contributed by atoms with van der Waals surface area (Å²) < 4.78 is 0.996. The smallest absolute Gasteiger partial charge is 0.0956 e. The maximum absolute atomic E-state index is 9.80. The van der Waals surface area contributed by atoms with Crippen LogP contribution < -0.4 is 0 Å². The summed E-state index contributed by atoms with van der Waals surface area (Å²) in [6, 6.07) is 6.00. The van der Waals surface area contributed by atoms with E-state index in [9.17, 15) is 5.11 Å². The molecule has 0 unspecified atom stereocenters. The zero-order valence-electron chi connectivity index (χ0n) is 7.00. The first kappa shape index (κ1) is 9.50. The minimum Gasteiger partial charge on any atom is -0.387 e. The van der Waals surface area contributed by atoms with Gasteiger partial charge in [-0.05, 0) is 36.1 Å². The van der Waals surface area contributed by atoms with Gasteiger partial charge in [0.25, 0.3) is 0 Å². The lowest BCUT2D eigenvalue weighted by molar-refractivity contribution is 0.160. The average molecular weight is 262 g/mol. The number of halogens is 2. The molecule has 2 atom stereocenters. The third-order valence-electron chi connectivity index (χ3n) is 2.46. The topological polar surface area (TPSA) is 20.2 Å². The largest absolute Gasteiger partial charge is 0.387 e. The van der Waals surface area contributed by atoms with Crippen LogP contribution in [0.15, 0.2) is 22.7 Å². The molecule has 1 N–H and O–H groups in total. The predicted molar refractivity (Wildman–Crippen MR) is 57.1 cm³/mol. The first-order chi connectivity index (χ1) is 6.18. The van der Waals surface area contributed by atoms with Crippen molar-refractivity contribution in [3.63, 3.8) is 0 Å². The van der Waals surface area contributed by atoms with E-state index in [1.165, 1.54) is 5.56 Å². The Morgan fingerprint density at radius 3 is 3.00 bits per heavy atom. The third kappa shape index (κ3) is 1.76. The minimum atomic E-state index is -0.511. The Kier molecular flexibility index (Phi) is 2.63. The molecule has 13 heavy (non-hydrogen) atoms. The highest BCUT2D eigenvalue weighted by Crippen LogP contribution is 2.34. The first-order valence-corrected chi connectivity index (χ1v) is 5.52. The van der Waals surface area contributed by atoms with Crippen LogP contribution in [0.2, 0.25) is 0 Å². The Balaban J connectivity index is 2.45. The van der Waals surface area contributed by atoms with Crippen LogP contribution in [0.1, 0.15) is 23.7 Å². The van der Waals surface area contributed by atoms with Crippen molar-refractivity contribution in [3.05, 3.63) is 33.8 Å². The molecule has 0 fully saturated rings. The van der Waals surface area contributed by atoms with E-state index in [1.807, 2.05) is 18.2 Å². The summed E-state index contributed by atoms with van der Waals surface area (Å²) in [5.74, 6) is 0. The van der Waals surface area contributed by atoms with Gasteiger partial charge in [-0.1, -0.05) is 22.0 Å². The van der Waals surface area contributed by atoms with E-state index in [1.54, 1.807) is 0 Å². The van der Waals surface area contributed by atoms with Crippen LogP contribution in [0.25, 0.3) is 0 Å². The lowest BCUT2D eigenvalue weighted by Crippen LogP contribution is -2.20. The zero-order chi connectivity index (χ0) is 9.42. The second-order valence-electron chi connectivity index (χ2n) is 3.34. The monoisotopic (exact) mass is 260 g/mol.